The third-order valence-corrected chi connectivity index (χ3v) is 2.61. The number of nitrogens with one attached hydrogen (secondary N) is 1. The Kier molecular flexibility index (Phi) is 1.83. The van der Waals surface area contributed by atoms with E-state index < -0.39 is 0 Å². The van der Waals surface area contributed by atoms with Gasteiger partial charge in [0.25, 0.3) is 0 Å². The molecule has 4 heteroatoms. The lowest BCUT2D eigenvalue weighted by atomic mass is 9.97. The first kappa shape index (κ1) is 8.29. The predicted molar refractivity (Wildman–Crippen MR) is 50.7 cm³/mol. The zero-order valence-corrected chi connectivity index (χ0v) is 7.75. The fraction of sp³-hybridized carbons (Fsp3) is 0.556. The van der Waals surface area contributed by atoms with Crippen LogP contribution in [0.3, 0.4) is 0 Å². The van der Waals surface area contributed by atoms with E-state index in [0.717, 1.165) is 18.7 Å². The standard InChI is InChI=1S/C9H14N4/c1-6-2-3-13-5-12-8(9(10)11)7(13)4-6/h5-6H,2-4H2,1H3,(H3,10,11). The summed E-state index contributed by atoms with van der Waals surface area (Å²) >= 11 is 0. The summed E-state index contributed by atoms with van der Waals surface area (Å²) in [5, 5.41) is 7.36. The topological polar surface area (TPSA) is 67.7 Å². The number of hydrogen-bond donors (Lipinski definition) is 2. The van der Waals surface area contributed by atoms with E-state index in [9.17, 15) is 0 Å². The second kappa shape index (κ2) is 2.87. The highest BCUT2D eigenvalue weighted by Crippen LogP contribution is 2.21. The first-order valence-corrected chi connectivity index (χ1v) is 4.57. The molecule has 1 unspecified atom stereocenters. The fourth-order valence-corrected chi connectivity index (χ4v) is 1.83. The molecule has 0 bridgehead atoms. The molecule has 0 radical (unpaired) electrons. The van der Waals surface area contributed by atoms with Gasteiger partial charge in [-0.3, -0.25) is 5.41 Å². The molecule has 70 valence electrons. The molecular formula is C9H14N4. The minimum atomic E-state index is 0.0860. The van der Waals surface area contributed by atoms with E-state index in [2.05, 4.69) is 16.5 Å². The van der Waals surface area contributed by atoms with Crippen LogP contribution in [0.15, 0.2) is 6.33 Å². The van der Waals surface area contributed by atoms with Crippen molar-refractivity contribution in [3.63, 3.8) is 0 Å². The van der Waals surface area contributed by atoms with Crippen molar-refractivity contribution in [3.8, 4) is 0 Å². The van der Waals surface area contributed by atoms with E-state index in [1.165, 1.54) is 6.42 Å². The zero-order chi connectivity index (χ0) is 9.42. The molecule has 1 aromatic rings. The molecule has 3 N–H and O–H groups in total. The van der Waals surface area contributed by atoms with Crippen molar-refractivity contribution >= 4 is 5.84 Å². The summed E-state index contributed by atoms with van der Waals surface area (Å²) in [6.07, 6.45) is 3.98. The number of nitrogens with zero attached hydrogens (tertiary/aromatic N) is 2. The van der Waals surface area contributed by atoms with Gasteiger partial charge in [0.2, 0.25) is 0 Å². The molecule has 2 rings (SSSR count). The second-order valence-electron chi connectivity index (χ2n) is 3.74. The molecule has 0 spiro atoms. The second-order valence-corrected chi connectivity index (χ2v) is 3.74. The number of aromatic nitrogens is 2. The monoisotopic (exact) mass is 178 g/mol. The Balaban J connectivity index is 2.41. The lowest BCUT2D eigenvalue weighted by Gasteiger charge is -2.20. The van der Waals surface area contributed by atoms with Gasteiger partial charge in [-0.1, -0.05) is 6.92 Å². The number of imidazole rings is 1. The summed E-state index contributed by atoms with van der Waals surface area (Å²) in [5.41, 5.74) is 7.24. The van der Waals surface area contributed by atoms with Gasteiger partial charge in [-0.2, -0.15) is 0 Å². The third kappa shape index (κ3) is 1.32. The summed E-state index contributed by atoms with van der Waals surface area (Å²) in [4.78, 5) is 4.15. The largest absolute Gasteiger partial charge is 0.382 e. The van der Waals surface area contributed by atoms with Crippen molar-refractivity contribution < 1.29 is 0 Å². The number of hydrogen-bond acceptors (Lipinski definition) is 2. The lowest BCUT2D eigenvalue weighted by Crippen LogP contribution is -2.21. The number of amidine groups is 1. The molecule has 2 heterocycles. The molecule has 0 fully saturated rings. The van der Waals surface area contributed by atoms with Gasteiger partial charge >= 0.3 is 0 Å². The van der Waals surface area contributed by atoms with Gasteiger partial charge in [-0.25, -0.2) is 4.98 Å². The van der Waals surface area contributed by atoms with Crippen LogP contribution in [-0.2, 0) is 13.0 Å². The Labute approximate surface area is 77.3 Å². The van der Waals surface area contributed by atoms with Crippen LogP contribution >= 0.6 is 0 Å². The first-order chi connectivity index (χ1) is 6.18. The number of nitrogen functional groups attached to an aromatic ring is 1. The summed E-state index contributed by atoms with van der Waals surface area (Å²) in [6, 6.07) is 0. The SMILES string of the molecule is CC1CCn2cnc(C(=N)N)c2C1. The van der Waals surface area contributed by atoms with Crippen LogP contribution in [0.5, 0.6) is 0 Å². The quantitative estimate of drug-likeness (QED) is 0.492. The van der Waals surface area contributed by atoms with Crippen LogP contribution in [0.4, 0.5) is 0 Å². The van der Waals surface area contributed by atoms with E-state index in [-0.39, 0.29) is 5.84 Å². The molecule has 0 saturated carbocycles. The van der Waals surface area contributed by atoms with Gasteiger partial charge in [0, 0.05) is 12.2 Å². The number of rotatable bonds is 1. The molecule has 1 aliphatic heterocycles. The molecule has 1 aromatic heterocycles. The smallest absolute Gasteiger partial charge is 0.143 e. The molecule has 1 atom stereocenters. The fourth-order valence-electron chi connectivity index (χ4n) is 1.83. The number of nitrogens with two attached hydrogens (primary N) is 1. The van der Waals surface area contributed by atoms with E-state index in [1.54, 1.807) is 6.33 Å². The molecule has 0 aromatic carbocycles. The highest BCUT2D eigenvalue weighted by atomic mass is 15.1. The molecule has 0 saturated heterocycles. The van der Waals surface area contributed by atoms with E-state index in [0.29, 0.717) is 11.6 Å². The summed E-state index contributed by atoms with van der Waals surface area (Å²) in [6.45, 7) is 3.23. The maximum absolute atomic E-state index is 7.36. The first-order valence-electron chi connectivity index (χ1n) is 4.57. The lowest BCUT2D eigenvalue weighted by molar-refractivity contribution is 0.416. The summed E-state index contributed by atoms with van der Waals surface area (Å²) in [7, 11) is 0. The van der Waals surface area contributed by atoms with E-state index >= 15 is 0 Å². The maximum Gasteiger partial charge on any atom is 0.143 e. The normalized spacial score (nSPS) is 21.2. The Bertz CT molecular complexity index is 339. The van der Waals surface area contributed by atoms with Crippen LogP contribution in [0.1, 0.15) is 24.7 Å². The molecular weight excluding hydrogens is 164 g/mol. The molecule has 4 nitrogen and oxygen atoms in total. The van der Waals surface area contributed by atoms with Gasteiger partial charge in [-0.05, 0) is 18.8 Å². The van der Waals surface area contributed by atoms with Gasteiger partial charge in [-0.15, -0.1) is 0 Å². The van der Waals surface area contributed by atoms with Crippen LogP contribution < -0.4 is 5.73 Å². The van der Waals surface area contributed by atoms with Crippen molar-refractivity contribution in [2.24, 2.45) is 11.7 Å². The summed E-state index contributed by atoms with van der Waals surface area (Å²) < 4.78 is 2.11. The maximum atomic E-state index is 7.36. The average molecular weight is 178 g/mol. The van der Waals surface area contributed by atoms with E-state index in [1.807, 2.05) is 0 Å². The summed E-state index contributed by atoms with van der Waals surface area (Å²) in [5.74, 6) is 0.769. The number of aryl methyl sites for hydroxylation is 1. The highest BCUT2D eigenvalue weighted by molar-refractivity contribution is 5.94. The Hall–Kier alpha value is -1.32. The molecule has 13 heavy (non-hydrogen) atoms. The van der Waals surface area contributed by atoms with Gasteiger partial charge < -0.3 is 10.3 Å². The van der Waals surface area contributed by atoms with Crippen molar-refractivity contribution in [1.82, 2.24) is 9.55 Å². The van der Waals surface area contributed by atoms with Crippen LogP contribution in [-0.4, -0.2) is 15.4 Å². The molecule has 0 amide bonds. The highest BCUT2D eigenvalue weighted by Gasteiger charge is 2.20. The van der Waals surface area contributed by atoms with Gasteiger partial charge in [0.15, 0.2) is 0 Å². The predicted octanol–water partition coefficient (Wildman–Crippen LogP) is 0.749. The van der Waals surface area contributed by atoms with Crippen molar-refractivity contribution in [1.29, 1.82) is 5.41 Å². The van der Waals surface area contributed by atoms with Gasteiger partial charge in [0.05, 0.1) is 6.33 Å². The Morgan fingerprint density at radius 3 is 3.23 bits per heavy atom. The van der Waals surface area contributed by atoms with E-state index in [4.69, 9.17) is 11.1 Å². The van der Waals surface area contributed by atoms with Crippen LogP contribution in [0.25, 0.3) is 0 Å². The Morgan fingerprint density at radius 1 is 1.77 bits per heavy atom. The van der Waals surface area contributed by atoms with Gasteiger partial charge in [0.1, 0.15) is 11.5 Å². The molecule has 0 aliphatic carbocycles. The third-order valence-electron chi connectivity index (χ3n) is 2.61. The zero-order valence-electron chi connectivity index (χ0n) is 7.75. The number of fused-ring (bicyclic) bond motifs is 1. The average Bonchev–Trinajstić information content (AvgIpc) is 2.46. The minimum Gasteiger partial charge on any atom is -0.382 e. The Morgan fingerprint density at radius 2 is 2.54 bits per heavy atom. The van der Waals surface area contributed by atoms with Crippen molar-refractivity contribution in [3.05, 3.63) is 17.7 Å². The van der Waals surface area contributed by atoms with Crippen molar-refractivity contribution in [2.75, 3.05) is 0 Å². The van der Waals surface area contributed by atoms with Crippen LogP contribution in [0.2, 0.25) is 0 Å². The van der Waals surface area contributed by atoms with Crippen molar-refractivity contribution in [2.45, 2.75) is 26.3 Å². The minimum absolute atomic E-state index is 0.0860. The van der Waals surface area contributed by atoms with Crippen LogP contribution in [0, 0.1) is 11.3 Å². The molecule has 1 aliphatic rings.